The fourth-order valence-corrected chi connectivity index (χ4v) is 1.61. The van der Waals surface area contributed by atoms with Crippen LogP contribution in [0.5, 0.6) is 0 Å². The average molecular weight is 177 g/mol. The van der Waals surface area contributed by atoms with E-state index in [1.807, 2.05) is 11.8 Å². The van der Waals surface area contributed by atoms with Gasteiger partial charge < -0.3 is 10.5 Å². The SMILES string of the molecule is COCCCCSC(C)CN. The van der Waals surface area contributed by atoms with Crippen molar-refractivity contribution < 1.29 is 4.74 Å². The fraction of sp³-hybridized carbons (Fsp3) is 1.00. The molecule has 68 valence electrons. The standard InChI is InChI=1S/C8H19NOS/c1-8(7-9)11-6-4-3-5-10-2/h8H,3-7,9H2,1-2H3. The van der Waals surface area contributed by atoms with E-state index in [0.717, 1.165) is 13.2 Å². The summed E-state index contributed by atoms with van der Waals surface area (Å²) in [6.45, 7) is 3.84. The highest BCUT2D eigenvalue weighted by molar-refractivity contribution is 7.99. The molecule has 0 heterocycles. The fourth-order valence-electron chi connectivity index (χ4n) is 0.701. The third-order valence-corrected chi connectivity index (χ3v) is 2.76. The van der Waals surface area contributed by atoms with Crippen LogP contribution in [0.1, 0.15) is 19.8 Å². The summed E-state index contributed by atoms with van der Waals surface area (Å²) < 4.78 is 4.94. The van der Waals surface area contributed by atoms with E-state index in [1.54, 1.807) is 7.11 Å². The van der Waals surface area contributed by atoms with Crippen molar-refractivity contribution in [2.45, 2.75) is 25.0 Å². The summed E-state index contributed by atoms with van der Waals surface area (Å²) in [5.41, 5.74) is 5.47. The van der Waals surface area contributed by atoms with Gasteiger partial charge in [0.25, 0.3) is 0 Å². The highest BCUT2D eigenvalue weighted by Gasteiger charge is 1.97. The zero-order valence-electron chi connectivity index (χ0n) is 7.51. The van der Waals surface area contributed by atoms with E-state index in [1.165, 1.54) is 18.6 Å². The number of methoxy groups -OCH3 is 1. The molecule has 0 aromatic rings. The predicted molar refractivity (Wildman–Crippen MR) is 52.1 cm³/mol. The summed E-state index contributed by atoms with van der Waals surface area (Å²) in [4.78, 5) is 0. The van der Waals surface area contributed by atoms with Crippen LogP contribution in [0, 0.1) is 0 Å². The van der Waals surface area contributed by atoms with Gasteiger partial charge in [-0.2, -0.15) is 11.8 Å². The van der Waals surface area contributed by atoms with Crippen LogP contribution >= 0.6 is 11.8 Å². The summed E-state index contributed by atoms with van der Waals surface area (Å²) in [6, 6.07) is 0. The Balaban J connectivity index is 2.89. The predicted octanol–water partition coefficient (Wildman–Crippen LogP) is 1.49. The summed E-state index contributed by atoms with van der Waals surface area (Å²) in [7, 11) is 1.75. The Hall–Kier alpha value is 0.270. The molecule has 2 nitrogen and oxygen atoms in total. The molecule has 0 saturated heterocycles. The molecule has 0 bridgehead atoms. The van der Waals surface area contributed by atoms with Crippen LogP contribution in [0.3, 0.4) is 0 Å². The molecule has 0 rings (SSSR count). The van der Waals surface area contributed by atoms with Crippen molar-refractivity contribution in [1.82, 2.24) is 0 Å². The molecule has 0 aliphatic heterocycles. The number of thioether (sulfide) groups is 1. The first kappa shape index (κ1) is 11.3. The van der Waals surface area contributed by atoms with Gasteiger partial charge in [-0.15, -0.1) is 0 Å². The Labute approximate surface area is 73.9 Å². The molecule has 1 atom stereocenters. The summed E-state index contributed by atoms with van der Waals surface area (Å²) >= 11 is 1.95. The van der Waals surface area contributed by atoms with Crippen molar-refractivity contribution in [3.63, 3.8) is 0 Å². The number of rotatable bonds is 7. The van der Waals surface area contributed by atoms with Gasteiger partial charge in [0.05, 0.1) is 0 Å². The third kappa shape index (κ3) is 8.17. The second-order valence-electron chi connectivity index (χ2n) is 2.62. The molecular weight excluding hydrogens is 158 g/mol. The Morgan fingerprint density at radius 1 is 1.45 bits per heavy atom. The summed E-state index contributed by atoms with van der Waals surface area (Å²) in [5.74, 6) is 1.21. The van der Waals surface area contributed by atoms with Gasteiger partial charge in [-0.3, -0.25) is 0 Å². The molecule has 1 unspecified atom stereocenters. The van der Waals surface area contributed by atoms with Crippen LogP contribution in [0.4, 0.5) is 0 Å². The zero-order valence-corrected chi connectivity index (χ0v) is 8.32. The first-order valence-corrected chi connectivity index (χ1v) is 5.16. The average Bonchev–Trinajstić information content (AvgIpc) is 2.04. The van der Waals surface area contributed by atoms with Crippen LogP contribution in [0.25, 0.3) is 0 Å². The molecule has 0 amide bonds. The minimum atomic E-state index is 0.609. The van der Waals surface area contributed by atoms with Gasteiger partial charge in [0.15, 0.2) is 0 Å². The topological polar surface area (TPSA) is 35.2 Å². The molecule has 3 heteroatoms. The van der Waals surface area contributed by atoms with Crippen molar-refractivity contribution >= 4 is 11.8 Å². The normalized spacial score (nSPS) is 13.4. The molecule has 0 saturated carbocycles. The maximum absolute atomic E-state index is 5.47. The van der Waals surface area contributed by atoms with E-state index in [4.69, 9.17) is 10.5 Å². The lowest BCUT2D eigenvalue weighted by atomic mass is 10.4. The van der Waals surface area contributed by atoms with Crippen molar-refractivity contribution in [1.29, 1.82) is 0 Å². The highest BCUT2D eigenvalue weighted by atomic mass is 32.2. The van der Waals surface area contributed by atoms with Gasteiger partial charge in [-0.1, -0.05) is 6.92 Å². The Morgan fingerprint density at radius 2 is 2.18 bits per heavy atom. The highest BCUT2D eigenvalue weighted by Crippen LogP contribution is 2.10. The van der Waals surface area contributed by atoms with Crippen molar-refractivity contribution in [3.8, 4) is 0 Å². The lowest BCUT2D eigenvalue weighted by Crippen LogP contribution is -2.13. The molecule has 0 aliphatic carbocycles. The van der Waals surface area contributed by atoms with E-state index < -0.39 is 0 Å². The number of unbranched alkanes of at least 4 members (excludes halogenated alkanes) is 1. The van der Waals surface area contributed by atoms with E-state index in [-0.39, 0.29) is 0 Å². The van der Waals surface area contributed by atoms with Crippen LogP contribution in [-0.4, -0.2) is 31.3 Å². The number of hydrogen-bond donors (Lipinski definition) is 1. The molecule has 0 spiro atoms. The molecule has 2 N–H and O–H groups in total. The van der Waals surface area contributed by atoms with Crippen LogP contribution in [-0.2, 0) is 4.74 Å². The van der Waals surface area contributed by atoms with E-state index in [9.17, 15) is 0 Å². The maximum Gasteiger partial charge on any atom is 0.0462 e. The van der Waals surface area contributed by atoms with Gasteiger partial charge in [-0.25, -0.2) is 0 Å². The lowest BCUT2D eigenvalue weighted by Gasteiger charge is -2.06. The number of hydrogen-bond acceptors (Lipinski definition) is 3. The van der Waals surface area contributed by atoms with E-state index in [2.05, 4.69) is 6.92 Å². The quantitative estimate of drug-likeness (QED) is 0.598. The van der Waals surface area contributed by atoms with Gasteiger partial charge in [0, 0.05) is 25.5 Å². The molecule has 11 heavy (non-hydrogen) atoms. The Kier molecular flexibility index (Phi) is 8.57. The second-order valence-corrected chi connectivity index (χ2v) is 4.16. The number of nitrogens with two attached hydrogens (primary N) is 1. The Bertz CT molecular complexity index is 80.5. The largest absolute Gasteiger partial charge is 0.385 e. The van der Waals surface area contributed by atoms with Crippen molar-refractivity contribution in [2.75, 3.05) is 26.0 Å². The monoisotopic (exact) mass is 177 g/mol. The van der Waals surface area contributed by atoms with Gasteiger partial charge in [-0.05, 0) is 18.6 Å². The minimum absolute atomic E-state index is 0.609. The van der Waals surface area contributed by atoms with Crippen LogP contribution in [0.15, 0.2) is 0 Å². The van der Waals surface area contributed by atoms with Gasteiger partial charge >= 0.3 is 0 Å². The third-order valence-electron chi connectivity index (χ3n) is 1.48. The summed E-state index contributed by atoms with van der Waals surface area (Å²) in [6.07, 6.45) is 2.41. The first-order chi connectivity index (χ1) is 5.31. The lowest BCUT2D eigenvalue weighted by molar-refractivity contribution is 0.194. The Morgan fingerprint density at radius 3 is 2.73 bits per heavy atom. The second kappa shape index (κ2) is 8.37. The first-order valence-electron chi connectivity index (χ1n) is 4.12. The molecule has 0 aromatic heterocycles. The minimum Gasteiger partial charge on any atom is -0.385 e. The van der Waals surface area contributed by atoms with Crippen molar-refractivity contribution in [3.05, 3.63) is 0 Å². The zero-order chi connectivity index (χ0) is 8.53. The van der Waals surface area contributed by atoms with Gasteiger partial charge in [0.1, 0.15) is 0 Å². The van der Waals surface area contributed by atoms with E-state index in [0.29, 0.717) is 5.25 Å². The van der Waals surface area contributed by atoms with E-state index >= 15 is 0 Å². The van der Waals surface area contributed by atoms with Crippen LogP contribution in [0.2, 0.25) is 0 Å². The summed E-state index contributed by atoms with van der Waals surface area (Å²) in [5, 5.41) is 0.609. The van der Waals surface area contributed by atoms with Gasteiger partial charge in [0.2, 0.25) is 0 Å². The smallest absolute Gasteiger partial charge is 0.0462 e. The van der Waals surface area contributed by atoms with Crippen LogP contribution < -0.4 is 5.73 Å². The maximum atomic E-state index is 5.47. The number of ether oxygens (including phenoxy) is 1. The molecule has 0 radical (unpaired) electrons. The van der Waals surface area contributed by atoms with Crippen molar-refractivity contribution in [2.24, 2.45) is 5.73 Å². The molecule has 0 aromatic carbocycles. The molecular formula is C8H19NOS. The molecule has 0 aliphatic rings. The molecule has 0 fully saturated rings.